The highest BCUT2D eigenvalue weighted by Gasteiger charge is 2.27. The minimum Gasteiger partial charge on any atom is -0.481 e. The first-order valence-electron chi connectivity index (χ1n) is 7.08. The van der Waals surface area contributed by atoms with Crippen LogP contribution in [0.25, 0.3) is 0 Å². The van der Waals surface area contributed by atoms with Gasteiger partial charge in [-0.3, -0.25) is 9.59 Å². The number of nitrogens with one attached hydrogen (secondary N) is 1. The smallest absolute Gasteiger partial charge is 0.306 e. The van der Waals surface area contributed by atoms with Crippen molar-refractivity contribution in [3.63, 3.8) is 0 Å². The van der Waals surface area contributed by atoms with Crippen LogP contribution in [0.3, 0.4) is 0 Å². The van der Waals surface area contributed by atoms with Crippen molar-refractivity contribution in [3.8, 4) is 0 Å². The summed E-state index contributed by atoms with van der Waals surface area (Å²) in [5, 5.41) is 12.0. The summed E-state index contributed by atoms with van der Waals surface area (Å²) in [6, 6.07) is 5.93. The standard InChI is InChI=1S/C16H21NO3/c1-10-3-4-11(2)14(9-10)15(18)17-13-7-5-12(6-8-13)16(19)20/h3-4,9,12-13H,5-8H2,1-2H3,(H,17,18)(H,19,20). The molecule has 0 spiro atoms. The van der Waals surface area contributed by atoms with Crippen LogP contribution in [-0.4, -0.2) is 23.0 Å². The fourth-order valence-corrected chi connectivity index (χ4v) is 2.73. The normalized spacial score (nSPS) is 22.3. The van der Waals surface area contributed by atoms with E-state index in [1.807, 2.05) is 32.0 Å². The number of benzene rings is 1. The molecule has 0 unspecified atom stereocenters. The van der Waals surface area contributed by atoms with Crippen molar-refractivity contribution >= 4 is 11.9 Å². The summed E-state index contributed by atoms with van der Waals surface area (Å²) in [7, 11) is 0. The number of hydrogen-bond donors (Lipinski definition) is 2. The Hall–Kier alpha value is -1.84. The fourth-order valence-electron chi connectivity index (χ4n) is 2.73. The van der Waals surface area contributed by atoms with Crippen LogP contribution in [0.2, 0.25) is 0 Å². The van der Waals surface area contributed by atoms with E-state index in [1.54, 1.807) is 0 Å². The molecule has 1 fully saturated rings. The lowest BCUT2D eigenvalue weighted by Gasteiger charge is -2.27. The molecule has 4 nitrogen and oxygen atoms in total. The second-order valence-corrected chi connectivity index (χ2v) is 5.68. The van der Waals surface area contributed by atoms with Crippen molar-refractivity contribution in [1.82, 2.24) is 5.32 Å². The van der Waals surface area contributed by atoms with E-state index in [2.05, 4.69) is 5.32 Å². The maximum atomic E-state index is 12.3. The van der Waals surface area contributed by atoms with Crippen LogP contribution in [0.15, 0.2) is 18.2 Å². The van der Waals surface area contributed by atoms with E-state index in [9.17, 15) is 9.59 Å². The number of carboxylic acid groups (broad SMARTS) is 1. The first-order valence-corrected chi connectivity index (χ1v) is 7.08. The Morgan fingerprint density at radius 2 is 1.80 bits per heavy atom. The second kappa shape index (κ2) is 6.07. The average Bonchev–Trinajstić information content (AvgIpc) is 2.42. The lowest BCUT2D eigenvalue weighted by Crippen LogP contribution is -2.39. The molecule has 2 N–H and O–H groups in total. The summed E-state index contributed by atoms with van der Waals surface area (Å²) in [5.74, 6) is -1.02. The Morgan fingerprint density at radius 1 is 1.15 bits per heavy atom. The largest absolute Gasteiger partial charge is 0.481 e. The van der Waals surface area contributed by atoms with E-state index in [0.717, 1.165) is 24.0 Å². The van der Waals surface area contributed by atoms with Gasteiger partial charge in [0.25, 0.3) is 5.91 Å². The molecule has 1 amide bonds. The number of aliphatic carboxylic acids is 1. The van der Waals surface area contributed by atoms with E-state index < -0.39 is 5.97 Å². The summed E-state index contributed by atoms with van der Waals surface area (Å²) < 4.78 is 0. The summed E-state index contributed by atoms with van der Waals surface area (Å²) in [5.41, 5.74) is 2.74. The van der Waals surface area contributed by atoms with E-state index in [4.69, 9.17) is 5.11 Å². The molecule has 2 rings (SSSR count). The molecule has 0 aromatic heterocycles. The van der Waals surface area contributed by atoms with Crippen LogP contribution < -0.4 is 5.32 Å². The summed E-state index contributed by atoms with van der Waals surface area (Å²) in [6.45, 7) is 3.89. The molecule has 4 heteroatoms. The number of carbonyl (C=O) groups is 2. The maximum Gasteiger partial charge on any atom is 0.306 e. The zero-order chi connectivity index (χ0) is 14.7. The van der Waals surface area contributed by atoms with Crippen molar-refractivity contribution in [2.75, 3.05) is 0 Å². The monoisotopic (exact) mass is 275 g/mol. The lowest BCUT2D eigenvalue weighted by atomic mass is 9.86. The quantitative estimate of drug-likeness (QED) is 0.891. The van der Waals surface area contributed by atoms with Gasteiger partial charge in [0.2, 0.25) is 0 Å². The van der Waals surface area contributed by atoms with Crippen molar-refractivity contribution in [2.45, 2.75) is 45.6 Å². The van der Waals surface area contributed by atoms with Gasteiger partial charge < -0.3 is 10.4 Å². The third kappa shape index (κ3) is 3.38. The van der Waals surface area contributed by atoms with E-state index in [0.29, 0.717) is 18.4 Å². The van der Waals surface area contributed by atoms with Gasteiger partial charge in [0.1, 0.15) is 0 Å². The Balaban J connectivity index is 1.96. The number of aryl methyl sites for hydroxylation is 2. The van der Waals surface area contributed by atoms with Crippen LogP contribution >= 0.6 is 0 Å². The third-order valence-corrected chi connectivity index (χ3v) is 4.05. The topological polar surface area (TPSA) is 66.4 Å². The first kappa shape index (κ1) is 14.6. The van der Waals surface area contributed by atoms with E-state index >= 15 is 0 Å². The molecule has 0 saturated heterocycles. The maximum absolute atomic E-state index is 12.3. The van der Waals surface area contributed by atoms with E-state index in [1.165, 1.54) is 0 Å². The van der Waals surface area contributed by atoms with Crippen molar-refractivity contribution in [1.29, 1.82) is 0 Å². The fraction of sp³-hybridized carbons (Fsp3) is 0.500. The molecule has 0 atom stereocenters. The molecule has 108 valence electrons. The minimum atomic E-state index is -0.718. The molecule has 1 aliphatic rings. The molecule has 0 bridgehead atoms. The van der Waals surface area contributed by atoms with Gasteiger partial charge in [-0.15, -0.1) is 0 Å². The van der Waals surface area contributed by atoms with Gasteiger partial charge in [0.15, 0.2) is 0 Å². The van der Waals surface area contributed by atoms with Gasteiger partial charge in [-0.25, -0.2) is 0 Å². The van der Waals surface area contributed by atoms with Crippen molar-refractivity contribution in [3.05, 3.63) is 34.9 Å². The molecular formula is C16H21NO3. The Labute approximate surface area is 119 Å². The average molecular weight is 275 g/mol. The van der Waals surface area contributed by atoms with Gasteiger partial charge in [0, 0.05) is 11.6 Å². The van der Waals surface area contributed by atoms with Gasteiger partial charge >= 0.3 is 5.97 Å². The van der Waals surface area contributed by atoms with Crippen molar-refractivity contribution < 1.29 is 14.7 Å². The minimum absolute atomic E-state index is 0.0509. The molecular weight excluding hydrogens is 254 g/mol. The van der Waals surface area contributed by atoms with E-state index in [-0.39, 0.29) is 17.9 Å². The highest BCUT2D eigenvalue weighted by Crippen LogP contribution is 2.24. The van der Waals surface area contributed by atoms with Crippen molar-refractivity contribution in [2.24, 2.45) is 5.92 Å². The molecule has 20 heavy (non-hydrogen) atoms. The molecule has 1 aliphatic carbocycles. The number of hydrogen-bond acceptors (Lipinski definition) is 2. The summed E-state index contributed by atoms with van der Waals surface area (Å²) >= 11 is 0. The molecule has 0 heterocycles. The number of carboxylic acids is 1. The van der Waals surface area contributed by atoms with Gasteiger partial charge in [-0.2, -0.15) is 0 Å². The number of carbonyl (C=O) groups excluding carboxylic acids is 1. The summed E-state index contributed by atoms with van der Waals surface area (Å²) in [4.78, 5) is 23.2. The predicted molar refractivity (Wildman–Crippen MR) is 76.8 cm³/mol. The molecule has 1 aromatic carbocycles. The molecule has 1 aromatic rings. The van der Waals surface area contributed by atoms with Crippen LogP contribution in [0.4, 0.5) is 0 Å². The number of amides is 1. The first-order chi connectivity index (χ1) is 9.47. The highest BCUT2D eigenvalue weighted by atomic mass is 16.4. The SMILES string of the molecule is Cc1ccc(C)c(C(=O)NC2CCC(C(=O)O)CC2)c1. The van der Waals surface area contributed by atoms with Gasteiger partial charge in [-0.05, 0) is 51.2 Å². The van der Waals surface area contributed by atoms with Gasteiger partial charge in [-0.1, -0.05) is 17.7 Å². The Bertz CT molecular complexity index is 516. The van der Waals surface area contributed by atoms with Crippen LogP contribution in [0.1, 0.15) is 47.2 Å². The Kier molecular flexibility index (Phi) is 4.42. The molecule has 1 saturated carbocycles. The zero-order valence-electron chi connectivity index (χ0n) is 12.0. The molecule has 0 aliphatic heterocycles. The number of rotatable bonds is 3. The van der Waals surface area contributed by atoms with Crippen LogP contribution in [0.5, 0.6) is 0 Å². The second-order valence-electron chi connectivity index (χ2n) is 5.68. The third-order valence-electron chi connectivity index (χ3n) is 4.05. The predicted octanol–water partition coefficient (Wildman–Crippen LogP) is 2.68. The van der Waals surface area contributed by atoms with Crippen LogP contribution in [-0.2, 0) is 4.79 Å². The van der Waals surface area contributed by atoms with Gasteiger partial charge in [0.05, 0.1) is 5.92 Å². The Morgan fingerprint density at radius 3 is 2.40 bits per heavy atom. The zero-order valence-corrected chi connectivity index (χ0v) is 12.0. The lowest BCUT2D eigenvalue weighted by molar-refractivity contribution is -0.142. The summed E-state index contributed by atoms with van der Waals surface area (Å²) in [6.07, 6.45) is 2.78. The van der Waals surface area contributed by atoms with Crippen LogP contribution in [0, 0.1) is 19.8 Å². The molecule has 0 radical (unpaired) electrons. The highest BCUT2D eigenvalue weighted by molar-refractivity contribution is 5.96.